The fraction of sp³-hybridized carbons (Fsp3) is 0.600. The van der Waals surface area contributed by atoms with Gasteiger partial charge in [0.1, 0.15) is 0 Å². The van der Waals surface area contributed by atoms with Crippen molar-refractivity contribution >= 4 is 37.5 Å². The molecule has 1 aliphatic carbocycles. The van der Waals surface area contributed by atoms with Crippen molar-refractivity contribution in [3.63, 3.8) is 0 Å². The summed E-state index contributed by atoms with van der Waals surface area (Å²) >= 11 is 7.17. The molecule has 0 radical (unpaired) electrons. The maximum Gasteiger partial charge on any atom is 0.0416 e. The molecule has 2 nitrogen and oxygen atoms in total. The van der Waals surface area contributed by atoms with Crippen molar-refractivity contribution in [3.05, 3.63) is 28.2 Å². The highest BCUT2D eigenvalue weighted by atomic mass is 79.9. The zero-order chi connectivity index (χ0) is 14.0. The second-order valence-corrected chi connectivity index (χ2v) is 7.21. The summed E-state index contributed by atoms with van der Waals surface area (Å²) in [7, 11) is 6.62. The molecule has 4 heteroatoms. The molecule has 0 N–H and O–H groups in total. The number of alkyl halides is 1. The third-order valence-corrected chi connectivity index (χ3v) is 5.46. The summed E-state index contributed by atoms with van der Waals surface area (Å²) < 4.78 is 1.14. The molecule has 0 aliphatic heterocycles. The Morgan fingerprint density at radius 3 is 2.37 bits per heavy atom. The fourth-order valence-corrected chi connectivity index (χ4v) is 3.69. The van der Waals surface area contributed by atoms with Gasteiger partial charge in [0.2, 0.25) is 0 Å². The molecule has 1 aromatic carbocycles. The summed E-state index contributed by atoms with van der Waals surface area (Å²) in [5, 5.41) is 0.898. The number of rotatable bonds is 5. The van der Waals surface area contributed by atoms with Gasteiger partial charge in [-0.05, 0) is 51.1 Å². The third-order valence-electron chi connectivity index (χ3n) is 4.37. The van der Waals surface area contributed by atoms with Gasteiger partial charge in [-0.3, -0.25) is 0 Å². The van der Waals surface area contributed by atoms with Crippen LogP contribution in [0.15, 0.2) is 22.7 Å². The molecule has 0 spiro atoms. The molecule has 1 aliphatic rings. The predicted molar refractivity (Wildman–Crippen MR) is 90.3 cm³/mol. The highest BCUT2D eigenvalue weighted by Crippen LogP contribution is 2.38. The van der Waals surface area contributed by atoms with E-state index in [2.05, 4.69) is 81.0 Å². The average Bonchev–Trinajstić information content (AvgIpc) is 2.33. The lowest BCUT2D eigenvalue weighted by Crippen LogP contribution is -2.56. The normalized spacial score (nSPS) is 17.4. The van der Waals surface area contributed by atoms with Gasteiger partial charge >= 0.3 is 0 Å². The zero-order valence-electron chi connectivity index (χ0n) is 11.9. The van der Waals surface area contributed by atoms with Crippen LogP contribution in [0.2, 0.25) is 0 Å². The van der Waals surface area contributed by atoms with Gasteiger partial charge in [0.15, 0.2) is 0 Å². The second kappa shape index (κ2) is 6.15. The summed E-state index contributed by atoms with van der Waals surface area (Å²) in [6.45, 7) is 1.09. The van der Waals surface area contributed by atoms with Crippen LogP contribution < -0.4 is 4.90 Å². The summed E-state index contributed by atoms with van der Waals surface area (Å²) in [6, 6.07) is 6.52. The predicted octanol–water partition coefficient (Wildman–Crippen LogP) is 4.26. The van der Waals surface area contributed by atoms with Crippen LogP contribution in [-0.4, -0.2) is 38.1 Å². The van der Waals surface area contributed by atoms with E-state index in [1.807, 2.05) is 0 Å². The lowest BCUT2D eigenvalue weighted by molar-refractivity contribution is 0.0683. The summed E-state index contributed by atoms with van der Waals surface area (Å²) in [4.78, 5) is 4.80. The van der Waals surface area contributed by atoms with Gasteiger partial charge < -0.3 is 9.80 Å². The maximum atomic E-state index is 3.59. The Labute approximate surface area is 133 Å². The molecular formula is C15H22Br2N2. The number of nitrogens with zero attached hydrogens (tertiary/aromatic N) is 2. The number of anilines is 1. The van der Waals surface area contributed by atoms with E-state index < -0.39 is 0 Å². The minimum Gasteiger partial charge on any atom is -0.372 e. The largest absolute Gasteiger partial charge is 0.372 e. The molecule has 0 atom stereocenters. The maximum absolute atomic E-state index is 3.59. The van der Waals surface area contributed by atoms with Crippen LogP contribution in [0.4, 0.5) is 5.69 Å². The Balaban J connectivity index is 2.19. The molecular weight excluding hydrogens is 368 g/mol. The molecule has 0 aromatic heterocycles. The highest BCUT2D eigenvalue weighted by molar-refractivity contribution is 9.10. The molecule has 1 fully saturated rings. The first-order valence-electron chi connectivity index (χ1n) is 6.71. The highest BCUT2D eigenvalue weighted by Gasteiger charge is 2.40. The number of benzene rings is 1. The Hall–Kier alpha value is -0.0600. The van der Waals surface area contributed by atoms with E-state index in [9.17, 15) is 0 Å². The summed E-state index contributed by atoms with van der Waals surface area (Å²) in [5.74, 6) is 0. The van der Waals surface area contributed by atoms with Gasteiger partial charge in [0.25, 0.3) is 0 Å². The quantitative estimate of drug-likeness (QED) is 0.694. The Morgan fingerprint density at radius 1 is 1.21 bits per heavy atom. The summed E-state index contributed by atoms with van der Waals surface area (Å²) in [6.07, 6.45) is 3.97. The van der Waals surface area contributed by atoms with Crippen molar-refractivity contribution in [2.45, 2.75) is 30.1 Å². The van der Waals surface area contributed by atoms with E-state index in [4.69, 9.17) is 0 Å². The molecule has 2 rings (SSSR count). The van der Waals surface area contributed by atoms with E-state index in [1.54, 1.807) is 0 Å². The van der Waals surface area contributed by atoms with E-state index in [1.165, 1.54) is 30.5 Å². The minimum atomic E-state index is 0.362. The smallest absolute Gasteiger partial charge is 0.0416 e. The molecule has 0 heterocycles. The minimum absolute atomic E-state index is 0.362. The van der Waals surface area contributed by atoms with E-state index in [0.29, 0.717) is 5.54 Å². The Kier molecular flexibility index (Phi) is 4.96. The Morgan fingerprint density at radius 2 is 1.89 bits per heavy atom. The van der Waals surface area contributed by atoms with Crippen LogP contribution in [0.3, 0.4) is 0 Å². The van der Waals surface area contributed by atoms with Crippen molar-refractivity contribution in [1.82, 2.24) is 4.90 Å². The van der Waals surface area contributed by atoms with Crippen molar-refractivity contribution in [3.8, 4) is 0 Å². The monoisotopic (exact) mass is 388 g/mol. The molecule has 1 saturated carbocycles. The van der Waals surface area contributed by atoms with Crippen LogP contribution in [0.5, 0.6) is 0 Å². The van der Waals surface area contributed by atoms with Gasteiger partial charge in [0, 0.05) is 34.6 Å². The molecule has 19 heavy (non-hydrogen) atoms. The van der Waals surface area contributed by atoms with Gasteiger partial charge in [-0.25, -0.2) is 0 Å². The first kappa shape index (κ1) is 15.3. The van der Waals surface area contributed by atoms with Crippen LogP contribution in [0, 0.1) is 0 Å². The molecule has 0 amide bonds. The zero-order valence-corrected chi connectivity index (χ0v) is 15.1. The lowest BCUT2D eigenvalue weighted by atomic mass is 9.75. The van der Waals surface area contributed by atoms with Gasteiger partial charge in [0.05, 0.1) is 0 Å². The van der Waals surface area contributed by atoms with Crippen molar-refractivity contribution < 1.29 is 0 Å². The van der Waals surface area contributed by atoms with Crippen molar-refractivity contribution in [2.75, 3.05) is 32.6 Å². The van der Waals surface area contributed by atoms with Crippen LogP contribution in [-0.2, 0) is 5.33 Å². The SMILES string of the molecule is CN(CC1(N(C)C)CCC1)c1cc(Br)ccc1CBr. The average molecular weight is 390 g/mol. The summed E-state index contributed by atoms with van der Waals surface area (Å²) in [5.41, 5.74) is 3.03. The topological polar surface area (TPSA) is 6.48 Å². The molecule has 0 saturated heterocycles. The molecule has 1 aromatic rings. The van der Waals surface area contributed by atoms with Gasteiger partial charge in [-0.2, -0.15) is 0 Å². The van der Waals surface area contributed by atoms with Crippen molar-refractivity contribution in [2.24, 2.45) is 0 Å². The van der Waals surface area contributed by atoms with Crippen molar-refractivity contribution in [1.29, 1.82) is 0 Å². The van der Waals surface area contributed by atoms with Crippen LogP contribution in [0.25, 0.3) is 0 Å². The van der Waals surface area contributed by atoms with E-state index in [0.717, 1.165) is 16.3 Å². The van der Waals surface area contributed by atoms with E-state index >= 15 is 0 Å². The molecule has 106 valence electrons. The third kappa shape index (κ3) is 3.17. The number of halogens is 2. The lowest BCUT2D eigenvalue weighted by Gasteiger charge is -2.49. The first-order chi connectivity index (χ1) is 8.98. The van der Waals surface area contributed by atoms with Gasteiger partial charge in [-0.15, -0.1) is 0 Å². The number of likely N-dealkylation sites (N-methyl/N-ethyl adjacent to an activating group) is 2. The Bertz CT molecular complexity index is 442. The van der Waals surface area contributed by atoms with Crippen LogP contribution in [0.1, 0.15) is 24.8 Å². The number of hydrogen-bond acceptors (Lipinski definition) is 2. The van der Waals surface area contributed by atoms with Crippen LogP contribution >= 0.6 is 31.9 Å². The van der Waals surface area contributed by atoms with Gasteiger partial charge in [-0.1, -0.05) is 37.9 Å². The fourth-order valence-electron chi connectivity index (χ4n) is 2.86. The molecule has 0 unspecified atom stereocenters. The second-order valence-electron chi connectivity index (χ2n) is 5.74. The number of hydrogen-bond donors (Lipinski definition) is 0. The van der Waals surface area contributed by atoms with E-state index in [-0.39, 0.29) is 0 Å². The first-order valence-corrected chi connectivity index (χ1v) is 8.63. The molecule has 0 bridgehead atoms. The standard InChI is InChI=1S/C15H22Br2N2/c1-18(2)15(7-4-8-15)11-19(3)14-9-13(17)6-5-12(14)10-16/h5-6,9H,4,7-8,10-11H2,1-3H3.